The number of hydrogen-bond donors (Lipinski definition) is 2. The molecular formula is C21H35IN6O2. The molecule has 0 aliphatic carbocycles. The molecular weight excluding hydrogens is 495 g/mol. The number of rotatable bonds is 6. The molecule has 1 aromatic heterocycles. The molecule has 3 rings (SSSR count). The molecule has 9 heteroatoms. The second-order valence-electron chi connectivity index (χ2n) is 7.72. The fraction of sp³-hybridized carbons (Fsp3) is 0.667. The summed E-state index contributed by atoms with van der Waals surface area (Å²) in [4.78, 5) is 27.8. The first-order valence-electron chi connectivity index (χ1n) is 10.7. The number of aliphatic hydroxyl groups is 1. The first-order chi connectivity index (χ1) is 14.1. The van der Waals surface area contributed by atoms with Crippen LogP contribution in [0.1, 0.15) is 38.4 Å². The summed E-state index contributed by atoms with van der Waals surface area (Å²) < 4.78 is 0. The molecule has 0 bridgehead atoms. The Labute approximate surface area is 196 Å². The molecule has 1 amide bonds. The van der Waals surface area contributed by atoms with Gasteiger partial charge in [-0.2, -0.15) is 0 Å². The first-order valence-corrected chi connectivity index (χ1v) is 10.7. The highest BCUT2D eigenvalue weighted by atomic mass is 127. The van der Waals surface area contributed by atoms with Crippen molar-refractivity contribution in [2.75, 3.05) is 52.4 Å². The summed E-state index contributed by atoms with van der Waals surface area (Å²) >= 11 is 0. The lowest BCUT2D eigenvalue weighted by Gasteiger charge is -2.39. The number of nitrogens with zero attached hydrogens (tertiary/aromatic N) is 5. The topological polar surface area (TPSA) is 84.3 Å². The summed E-state index contributed by atoms with van der Waals surface area (Å²) in [7, 11) is 0. The van der Waals surface area contributed by atoms with Crippen molar-refractivity contribution in [2.45, 2.75) is 38.8 Å². The highest BCUT2D eigenvalue weighted by molar-refractivity contribution is 14.0. The number of likely N-dealkylation sites (tertiary alicyclic amines) is 1. The van der Waals surface area contributed by atoms with Gasteiger partial charge in [-0.1, -0.05) is 0 Å². The molecule has 2 aliphatic rings. The zero-order valence-corrected chi connectivity index (χ0v) is 20.4. The number of amides is 1. The largest absolute Gasteiger partial charge is 0.386 e. The summed E-state index contributed by atoms with van der Waals surface area (Å²) in [5.74, 6) is 1.08. The van der Waals surface area contributed by atoms with E-state index in [9.17, 15) is 9.90 Å². The van der Waals surface area contributed by atoms with Crippen molar-refractivity contribution >= 4 is 35.8 Å². The molecule has 168 valence electrons. The molecule has 2 unspecified atom stereocenters. The Morgan fingerprint density at radius 2 is 1.77 bits per heavy atom. The second-order valence-corrected chi connectivity index (χ2v) is 7.72. The fourth-order valence-electron chi connectivity index (χ4n) is 3.97. The number of halogens is 1. The van der Waals surface area contributed by atoms with Gasteiger partial charge < -0.3 is 20.2 Å². The Morgan fingerprint density at radius 3 is 2.37 bits per heavy atom. The molecule has 2 atom stereocenters. The number of carbonyl (C=O) groups excluding carboxylic acids is 1. The zero-order chi connectivity index (χ0) is 20.6. The van der Waals surface area contributed by atoms with E-state index in [0.29, 0.717) is 6.54 Å². The number of aliphatic imine (C=N–C) groups is 1. The normalized spacial score (nSPS) is 19.9. The van der Waals surface area contributed by atoms with Crippen molar-refractivity contribution in [3.63, 3.8) is 0 Å². The number of piperazine rings is 1. The number of aromatic nitrogens is 1. The molecule has 0 saturated carbocycles. The maximum absolute atomic E-state index is 12.7. The van der Waals surface area contributed by atoms with Gasteiger partial charge in [0.25, 0.3) is 0 Å². The number of aliphatic hydroxyl groups excluding tert-OH is 1. The van der Waals surface area contributed by atoms with Gasteiger partial charge in [0.1, 0.15) is 0 Å². The minimum Gasteiger partial charge on any atom is -0.386 e. The SMILES string of the molecule is CCNC(=NCC(O)c1ccncc1)N1CCN(C(C)C(=O)N2CCCC2)CC1.I. The maximum Gasteiger partial charge on any atom is 0.239 e. The van der Waals surface area contributed by atoms with Crippen LogP contribution in [0.4, 0.5) is 0 Å². The number of pyridine rings is 1. The Kier molecular flexibility index (Phi) is 10.3. The molecule has 8 nitrogen and oxygen atoms in total. The van der Waals surface area contributed by atoms with Gasteiger partial charge in [0.15, 0.2) is 5.96 Å². The fourth-order valence-corrected chi connectivity index (χ4v) is 3.97. The van der Waals surface area contributed by atoms with Crippen LogP contribution in [0, 0.1) is 0 Å². The van der Waals surface area contributed by atoms with Gasteiger partial charge in [-0.15, -0.1) is 24.0 Å². The minimum atomic E-state index is -0.647. The molecule has 1 aromatic rings. The van der Waals surface area contributed by atoms with Crippen LogP contribution in [0.5, 0.6) is 0 Å². The van der Waals surface area contributed by atoms with Crippen molar-refractivity contribution in [1.29, 1.82) is 0 Å². The predicted molar refractivity (Wildman–Crippen MR) is 129 cm³/mol. The molecule has 3 heterocycles. The average molecular weight is 530 g/mol. The van der Waals surface area contributed by atoms with Crippen molar-refractivity contribution in [2.24, 2.45) is 4.99 Å². The van der Waals surface area contributed by atoms with Crippen LogP contribution in [0.2, 0.25) is 0 Å². The predicted octanol–water partition coefficient (Wildman–Crippen LogP) is 1.33. The molecule has 2 saturated heterocycles. The van der Waals surface area contributed by atoms with E-state index in [4.69, 9.17) is 0 Å². The Hall–Kier alpha value is -1.46. The number of hydrogen-bond acceptors (Lipinski definition) is 5. The van der Waals surface area contributed by atoms with Crippen LogP contribution in [-0.2, 0) is 4.79 Å². The van der Waals surface area contributed by atoms with Crippen LogP contribution in [0.3, 0.4) is 0 Å². The van der Waals surface area contributed by atoms with Crippen LogP contribution in [0.25, 0.3) is 0 Å². The average Bonchev–Trinajstić information content (AvgIpc) is 3.31. The number of carbonyl (C=O) groups is 1. The van der Waals surface area contributed by atoms with Gasteiger partial charge in [0.05, 0.1) is 18.7 Å². The third-order valence-corrected chi connectivity index (χ3v) is 5.78. The molecule has 2 N–H and O–H groups in total. The summed E-state index contributed by atoms with van der Waals surface area (Å²) in [6, 6.07) is 3.55. The van der Waals surface area contributed by atoms with Crippen LogP contribution < -0.4 is 5.32 Å². The third kappa shape index (κ3) is 6.52. The van der Waals surface area contributed by atoms with E-state index in [2.05, 4.69) is 25.1 Å². The second kappa shape index (κ2) is 12.4. The summed E-state index contributed by atoms with van der Waals surface area (Å²) in [5, 5.41) is 13.7. The molecule has 0 aromatic carbocycles. The van der Waals surface area contributed by atoms with E-state index in [1.165, 1.54) is 0 Å². The quantitative estimate of drug-likeness (QED) is 0.328. The van der Waals surface area contributed by atoms with Crippen LogP contribution in [-0.4, -0.2) is 95.1 Å². The lowest BCUT2D eigenvalue weighted by atomic mass is 10.1. The molecule has 0 radical (unpaired) electrons. The highest BCUT2D eigenvalue weighted by Gasteiger charge is 2.30. The van der Waals surface area contributed by atoms with Crippen molar-refractivity contribution < 1.29 is 9.90 Å². The van der Waals surface area contributed by atoms with E-state index < -0.39 is 6.10 Å². The van der Waals surface area contributed by atoms with E-state index in [-0.39, 0.29) is 35.9 Å². The Balaban J connectivity index is 0.00000320. The molecule has 30 heavy (non-hydrogen) atoms. The van der Waals surface area contributed by atoms with Crippen LogP contribution in [0.15, 0.2) is 29.5 Å². The molecule has 0 spiro atoms. The van der Waals surface area contributed by atoms with Gasteiger partial charge >= 0.3 is 0 Å². The molecule has 2 aliphatic heterocycles. The van der Waals surface area contributed by atoms with Crippen molar-refractivity contribution in [1.82, 2.24) is 25.0 Å². The summed E-state index contributed by atoms with van der Waals surface area (Å²) in [6.07, 6.45) is 4.96. The highest BCUT2D eigenvalue weighted by Crippen LogP contribution is 2.15. The zero-order valence-electron chi connectivity index (χ0n) is 18.0. The van der Waals surface area contributed by atoms with Crippen molar-refractivity contribution in [3.05, 3.63) is 30.1 Å². The minimum absolute atomic E-state index is 0. The van der Waals surface area contributed by atoms with Gasteiger partial charge in [-0.3, -0.25) is 19.7 Å². The van der Waals surface area contributed by atoms with E-state index in [0.717, 1.165) is 70.2 Å². The van der Waals surface area contributed by atoms with Crippen LogP contribution >= 0.6 is 24.0 Å². The first kappa shape index (κ1) is 24.8. The smallest absolute Gasteiger partial charge is 0.239 e. The standard InChI is InChI=1S/C21H34N6O2.HI/c1-3-23-21(24-16-19(28)18-6-8-22-9-7-18)27-14-12-25(13-15-27)17(2)20(29)26-10-4-5-11-26;/h6-9,17,19,28H,3-5,10-16H2,1-2H3,(H,23,24);1H. The Bertz CT molecular complexity index is 675. The Morgan fingerprint density at radius 1 is 1.13 bits per heavy atom. The molecule has 2 fully saturated rings. The monoisotopic (exact) mass is 530 g/mol. The lowest BCUT2D eigenvalue weighted by Crippen LogP contribution is -2.57. The van der Waals surface area contributed by atoms with Gasteiger partial charge in [0.2, 0.25) is 5.91 Å². The van der Waals surface area contributed by atoms with E-state index in [1.54, 1.807) is 12.4 Å². The van der Waals surface area contributed by atoms with Crippen molar-refractivity contribution in [3.8, 4) is 0 Å². The van der Waals surface area contributed by atoms with Gasteiger partial charge in [-0.05, 0) is 44.4 Å². The summed E-state index contributed by atoms with van der Waals surface area (Å²) in [5.41, 5.74) is 0.818. The van der Waals surface area contributed by atoms with Gasteiger partial charge in [-0.25, -0.2) is 0 Å². The lowest BCUT2D eigenvalue weighted by molar-refractivity contribution is -0.135. The van der Waals surface area contributed by atoms with E-state index in [1.807, 2.05) is 30.9 Å². The number of nitrogens with one attached hydrogen (secondary N) is 1. The number of guanidine groups is 1. The van der Waals surface area contributed by atoms with Gasteiger partial charge in [0, 0.05) is 58.2 Å². The summed E-state index contributed by atoms with van der Waals surface area (Å²) in [6.45, 7) is 10.2. The van der Waals surface area contributed by atoms with E-state index >= 15 is 0 Å². The third-order valence-electron chi connectivity index (χ3n) is 5.78. The maximum atomic E-state index is 12.7.